The predicted molar refractivity (Wildman–Crippen MR) is 161 cm³/mol. The van der Waals surface area contributed by atoms with Crippen LogP contribution in [0.2, 0.25) is 0 Å². The van der Waals surface area contributed by atoms with Gasteiger partial charge in [0.05, 0.1) is 13.1 Å². The van der Waals surface area contributed by atoms with E-state index < -0.39 is 0 Å². The number of allylic oxidation sites excluding steroid dienone is 2. The molecule has 0 N–H and O–H groups in total. The van der Waals surface area contributed by atoms with E-state index in [9.17, 15) is 0 Å². The molecule has 4 rings (SSSR count). The van der Waals surface area contributed by atoms with E-state index in [1.54, 1.807) is 12.4 Å². The van der Waals surface area contributed by atoms with E-state index in [-0.39, 0.29) is 16.5 Å². The first kappa shape index (κ1) is 29.9. The SMILES string of the molecule is [Ni+2].[S-]C(=CC=NCc1ccccc1)c1ccccc1.[S-]C(=CC=NCc1ccccc1)c1ccccc1. The van der Waals surface area contributed by atoms with Crippen LogP contribution in [0.15, 0.2) is 143 Å². The molecule has 4 aromatic rings. The molecule has 5 heteroatoms. The molecule has 0 atom stereocenters. The molecule has 0 aliphatic rings. The van der Waals surface area contributed by atoms with E-state index in [0.717, 1.165) is 20.9 Å². The molecule has 37 heavy (non-hydrogen) atoms. The summed E-state index contributed by atoms with van der Waals surface area (Å²) in [6.45, 7) is 1.38. The number of benzene rings is 4. The van der Waals surface area contributed by atoms with Gasteiger partial charge in [0.25, 0.3) is 0 Å². The van der Waals surface area contributed by atoms with Gasteiger partial charge in [0.15, 0.2) is 0 Å². The standard InChI is InChI=1S/2C16H15NS.Ni/c2*18-16(15-9-5-2-6-10-15)11-12-17-13-14-7-3-1-4-8-14;/h2*1-12,18H,13H2;/q;;+2/p-2. The Morgan fingerprint density at radius 1 is 0.486 bits per heavy atom. The molecule has 4 aromatic carbocycles. The van der Waals surface area contributed by atoms with Crippen LogP contribution in [0.3, 0.4) is 0 Å². The van der Waals surface area contributed by atoms with Crippen LogP contribution in [0.4, 0.5) is 0 Å². The van der Waals surface area contributed by atoms with E-state index in [0.29, 0.717) is 13.1 Å². The summed E-state index contributed by atoms with van der Waals surface area (Å²) in [6.07, 6.45) is 7.30. The molecule has 0 bridgehead atoms. The molecule has 0 heterocycles. The van der Waals surface area contributed by atoms with Gasteiger partial charge in [0.1, 0.15) is 0 Å². The third kappa shape index (κ3) is 11.9. The average molecular weight is 563 g/mol. The average Bonchev–Trinajstić information content (AvgIpc) is 2.95. The molecule has 0 aliphatic heterocycles. The monoisotopic (exact) mass is 562 g/mol. The molecule has 0 saturated heterocycles. The van der Waals surface area contributed by atoms with Crippen LogP contribution in [0.5, 0.6) is 0 Å². The van der Waals surface area contributed by atoms with Crippen LogP contribution < -0.4 is 0 Å². The maximum absolute atomic E-state index is 5.30. The van der Waals surface area contributed by atoms with Crippen LogP contribution in [-0.4, -0.2) is 12.4 Å². The van der Waals surface area contributed by atoms with Gasteiger partial charge in [-0.15, -0.1) is 0 Å². The van der Waals surface area contributed by atoms with Gasteiger partial charge < -0.3 is 25.3 Å². The molecule has 0 aromatic heterocycles. The maximum Gasteiger partial charge on any atom is 2.00 e. The molecule has 0 radical (unpaired) electrons. The van der Waals surface area contributed by atoms with Crippen LogP contribution in [0.25, 0.3) is 9.81 Å². The second-order valence-electron chi connectivity index (χ2n) is 7.74. The van der Waals surface area contributed by atoms with Crippen molar-refractivity contribution in [2.75, 3.05) is 0 Å². The van der Waals surface area contributed by atoms with Crippen molar-refractivity contribution in [1.29, 1.82) is 0 Å². The Labute approximate surface area is 241 Å². The van der Waals surface area contributed by atoms with E-state index in [1.165, 1.54) is 11.1 Å². The molecule has 0 spiro atoms. The van der Waals surface area contributed by atoms with Gasteiger partial charge in [-0.1, -0.05) is 133 Å². The third-order valence-electron chi connectivity index (χ3n) is 5.01. The summed E-state index contributed by atoms with van der Waals surface area (Å²) in [5.74, 6) is 0. The predicted octanol–water partition coefficient (Wildman–Crippen LogP) is 7.69. The van der Waals surface area contributed by atoms with Crippen molar-refractivity contribution in [2.45, 2.75) is 13.1 Å². The number of hydrogen-bond acceptors (Lipinski definition) is 4. The zero-order valence-corrected chi connectivity index (χ0v) is 22.9. The summed E-state index contributed by atoms with van der Waals surface area (Å²) >= 11 is 10.6. The topological polar surface area (TPSA) is 24.7 Å². The summed E-state index contributed by atoms with van der Waals surface area (Å²) in [4.78, 5) is 10.3. The van der Waals surface area contributed by atoms with E-state index in [2.05, 4.69) is 34.3 Å². The smallest absolute Gasteiger partial charge is 0.779 e. The number of hydrogen-bond donors (Lipinski definition) is 0. The second kappa shape index (κ2) is 18.0. The Balaban J connectivity index is 0.000000253. The third-order valence-corrected chi connectivity index (χ3v) is 5.76. The maximum atomic E-state index is 5.30. The van der Waals surface area contributed by atoms with Gasteiger partial charge in [-0.05, 0) is 22.3 Å². The molecule has 0 saturated carbocycles. The fourth-order valence-corrected chi connectivity index (χ4v) is 3.52. The van der Waals surface area contributed by atoms with Crippen molar-refractivity contribution < 1.29 is 16.5 Å². The first-order valence-corrected chi connectivity index (χ1v) is 12.5. The Morgan fingerprint density at radius 2 is 0.784 bits per heavy atom. The molecule has 0 amide bonds. The van der Waals surface area contributed by atoms with E-state index in [4.69, 9.17) is 25.3 Å². The van der Waals surface area contributed by atoms with Crippen LogP contribution >= 0.6 is 0 Å². The summed E-state index contributed by atoms with van der Waals surface area (Å²) in [5.41, 5.74) is 4.51. The molecule has 2 nitrogen and oxygen atoms in total. The molecule has 0 unspecified atom stereocenters. The molecule has 188 valence electrons. The van der Waals surface area contributed by atoms with Crippen molar-refractivity contribution in [3.63, 3.8) is 0 Å². The van der Waals surface area contributed by atoms with Crippen LogP contribution in [0.1, 0.15) is 22.3 Å². The van der Waals surface area contributed by atoms with Crippen molar-refractivity contribution in [3.05, 3.63) is 156 Å². The minimum absolute atomic E-state index is 0. The van der Waals surface area contributed by atoms with Crippen molar-refractivity contribution in [2.24, 2.45) is 9.98 Å². The molecular formula is C32H28N2NiS2. The number of rotatable bonds is 8. The molecule has 0 fully saturated rings. The van der Waals surface area contributed by atoms with E-state index in [1.807, 2.05) is 109 Å². The van der Waals surface area contributed by atoms with Crippen molar-refractivity contribution in [3.8, 4) is 0 Å². The zero-order valence-electron chi connectivity index (χ0n) is 20.3. The fourth-order valence-electron chi connectivity index (χ4n) is 3.12. The quantitative estimate of drug-likeness (QED) is 0.125. The summed E-state index contributed by atoms with van der Waals surface area (Å²) in [5, 5.41) is 0. The Hall–Kier alpha value is -3.37. The van der Waals surface area contributed by atoms with Gasteiger partial charge >= 0.3 is 16.5 Å². The number of aliphatic imine (C=N–C) groups is 2. The van der Waals surface area contributed by atoms with Gasteiger partial charge in [0, 0.05) is 12.4 Å². The minimum atomic E-state index is 0. The van der Waals surface area contributed by atoms with Gasteiger partial charge in [0.2, 0.25) is 0 Å². The normalized spacial score (nSPS) is 11.6. The molecule has 0 aliphatic carbocycles. The van der Waals surface area contributed by atoms with Crippen molar-refractivity contribution >= 4 is 47.5 Å². The Morgan fingerprint density at radius 3 is 1.11 bits per heavy atom. The largest absolute Gasteiger partial charge is 2.00 e. The summed E-state index contributed by atoms with van der Waals surface area (Å²) < 4.78 is 0. The van der Waals surface area contributed by atoms with Gasteiger partial charge in [-0.2, -0.15) is 9.81 Å². The number of nitrogens with zero attached hydrogens (tertiary/aromatic N) is 2. The fraction of sp³-hybridized carbons (Fsp3) is 0.0625. The second-order valence-corrected chi connectivity index (χ2v) is 8.62. The Bertz CT molecular complexity index is 1170. The first-order chi connectivity index (χ1) is 17.7. The van der Waals surface area contributed by atoms with Crippen LogP contribution in [-0.2, 0) is 54.8 Å². The Kier molecular flexibility index (Phi) is 14.5. The van der Waals surface area contributed by atoms with Crippen molar-refractivity contribution in [1.82, 2.24) is 0 Å². The molecular weight excluding hydrogens is 535 g/mol. The zero-order chi connectivity index (χ0) is 25.3. The first-order valence-electron chi connectivity index (χ1n) is 11.7. The minimum Gasteiger partial charge on any atom is -0.779 e. The van der Waals surface area contributed by atoms with Crippen LogP contribution in [0, 0.1) is 0 Å². The van der Waals surface area contributed by atoms with E-state index >= 15 is 0 Å². The van der Waals surface area contributed by atoms with Gasteiger partial charge in [-0.3, -0.25) is 9.98 Å². The summed E-state index contributed by atoms with van der Waals surface area (Å²) in [7, 11) is 0. The van der Waals surface area contributed by atoms with Gasteiger partial charge in [-0.25, -0.2) is 0 Å². The summed E-state index contributed by atoms with van der Waals surface area (Å²) in [6, 6.07) is 40.2.